The Balaban J connectivity index is 2.44. The molecular formula is C11H16O. The molecule has 2 atom stereocenters. The Hall–Kier alpha value is -0.560. The molecule has 1 heterocycles. The molecule has 1 saturated heterocycles. The minimum Gasteiger partial charge on any atom is -0.370 e. The van der Waals surface area contributed by atoms with E-state index in [0.29, 0.717) is 0 Å². The molecule has 0 aromatic rings. The van der Waals surface area contributed by atoms with Crippen LogP contribution >= 0.6 is 0 Å². The van der Waals surface area contributed by atoms with Crippen molar-refractivity contribution >= 4 is 0 Å². The minimum absolute atomic E-state index is 0.0491. The number of hydrogen-bond donors (Lipinski definition) is 0. The Morgan fingerprint density at radius 2 is 2.17 bits per heavy atom. The van der Waals surface area contributed by atoms with Gasteiger partial charge >= 0.3 is 0 Å². The molecule has 1 heteroatoms. The molecule has 12 heavy (non-hydrogen) atoms. The fraction of sp³-hybridized carbons (Fsp3) is 0.636. The van der Waals surface area contributed by atoms with Crippen molar-refractivity contribution in [3.8, 4) is 0 Å². The van der Waals surface area contributed by atoms with Crippen LogP contribution in [-0.4, -0.2) is 12.2 Å². The van der Waals surface area contributed by atoms with Gasteiger partial charge in [-0.15, -0.1) is 0 Å². The van der Waals surface area contributed by atoms with Gasteiger partial charge in [-0.25, -0.2) is 0 Å². The largest absolute Gasteiger partial charge is 0.370 e. The molecule has 1 aliphatic heterocycles. The van der Waals surface area contributed by atoms with Crippen LogP contribution < -0.4 is 0 Å². The van der Waals surface area contributed by atoms with Crippen LogP contribution in [0.5, 0.6) is 0 Å². The molecular weight excluding hydrogens is 148 g/mol. The van der Waals surface area contributed by atoms with Gasteiger partial charge in [-0.3, -0.25) is 0 Å². The first-order valence-corrected chi connectivity index (χ1v) is 4.58. The van der Waals surface area contributed by atoms with E-state index in [4.69, 9.17) is 4.74 Å². The highest BCUT2D eigenvalue weighted by Crippen LogP contribution is 2.48. The molecule has 2 rings (SSSR count). The molecule has 2 aliphatic rings. The van der Waals surface area contributed by atoms with E-state index < -0.39 is 0 Å². The van der Waals surface area contributed by atoms with Crippen molar-refractivity contribution in [3.05, 3.63) is 23.8 Å². The van der Waals surface area contributed by atoms with E-state index in [1.807, 2.05) is 0 Å². The molecule has 0 spiro atoms. The first kappa shape index (κ1) is 8.06. The second-order valence-electron chi connectivity index (χ2n) is 4.34. The van der Waals surface area contributed by atoms with Crippen LogP contribution in [-0.2, 0) is 4.74 Å². The van der Waals surface area contributed by atoms with E-state index in [1.165, 1.54) is 5.57 Å². The normalized spacial score (nSPS) is 45.8. The lowest BCUT2D eigenvalue weighted by atomic mass is 9.70. The van der Waals surface area contributed by atoms with Crippen LogP contribution in [0.1, 0.15) is 27.2 Å². The molecule has 66 valence electrons. The van der Waals surface area contributed by atoms with Crippen LogP contribution in [0.2, 0.25) is 0 Å². The van der Waals surface area contributed by atoms with Gasteiger partial charge in [0.1, 0.15) is 0 Å². The van der Waals surface area contributed by atoms with Crippen LogP contribution in [0, 0.1) is 5.41 Å². The van der Waals surface area contributed by atoms with Gasteiger partial charge in [0.25, 0.3) is 0 Å². The van der Waals surface area contributed by atoms with Gasteiger partial charge in [-0.2, -0.15) is 0 Å². The van der Waals surface area contributed by atoms with Gasteiger partial charge in [-0.05, 0) is 20.3 Å². The Labute approximate surface area is 74.1 Å². The third kappa shape index (κ3) is 0.893. The van der Waals surface area contributed by atoms with Gasteiger partial charge in [0.2, 0.25) is 0 Å². The summed E-state index contributed by atoms with van der Waals surface area (Å²) in [5, 5.41) is 0. The summed E-state index contributed by atoms with van der Waals surface area (Å²) >= 11 is 0. The molecule has 2 unspecified atom stereocenters. The average Bonchev–Trinajstić information content (AvgIpc) is 2.26. The van der Waals surface area contributed by atoms with E-state index in [-0.39, 0.29) is 11.0 Å². The maximum Gasteiger partial charge on any atom is 0.0926 e. The lowest BCUT2D eigenvalue weighted by Gasteiger charge is -2.37. The Morgan fingerprint density at radius 3 is 2.92 bits per heavy atom. The molecule has 1 fully saturated rings. The fourth-order valence-electron chi connectivity index (χ4n) is 2.18. The third-order valence-electron chi connectivity index (χ3n) is 3.37. The number of hydrogen-bond acceptors (Lipinski definition) is 1. The van der Waals surface area contributed by atoms with Gasteiger partial charge in [0.05, 0.1) is 5.60 Å². The molecule has 1 aliphatic carbocycles. The maximum absolute atomic E-state index is 5.76. The molecule has 0 bridgehead atoms. The van der Waals surface area contributed by atoms with Gasteiger partial charge in [-0.1, -0.05) is 30.7 Å². The Kier molecular flexibility index (Phi) is 1.50. The quantitative estimate of drug-likeness (QED) is 0.535. The molecule has 0 N–H and O–H groups in total. The van der Waals surface area contributed by atoms with Crippen molar-refractivity contribution < 1.29 is 4.74 Å². The number of ether oxygens (including phenoxy) is 1. The van der Waals surface area contributed by atoms with Crippen LogP contribution in [0.4, 0.5) is 0 Å². The topological polar surface area (TPSA) is 9.23 Å². The van der Waals surface area contributed by atoms with E-state index in [0.717, 1.165) is 13.0 Å². The molecule has 0 aromatic carbocycles. The molecule has 0 saturated carbocycles. The molecule has 0 aromatic heterocycles. The Bertz CT molecular complexity index is 264. The van der Waals surface area contributed by atoms with Crippen LogP contribution in [0.3, 0.4) is 0 Å². The Morgan fingerprint density at radius 1 is 1.42 bits per heavy atom. The van der Waals surface area contributed by atoms with E-state index in [2.05, 4.69) is 39.0 Å². The predicted octanol–water partition coefficient (Wildman–Crippen LogP) is 2.69. The molecule has 0 amide bonds. The first-order chi connectivity index (χ1) is 5.56. The molecule has 0 radical (unpaired) electrons. The van der Waals surface area contributed by atoms with Crippen molar-refractivity contribution in [2.75, 3.05) is 6.61 Å². The smallest absolute Gasteiger partial charge is 0.0926 e. The second-order valence-corrected chi connectivity index (χ2v) is 4.34. The van der Waals surface area contributed by atoms with Crippen molar-refractivity contribution in [2.24, 2.45) is 5.41 Å². The number of fused-ring (bicyclic) bond motifs is 1. The summed E-state index contributed by atoms with van der Waals surface area (Å²) < 4.78 is 5.76. The fourth-order valence-corrected chi connectivity index (χ4v) is 2.18. The zero-order valence-electron chi connectivity index (χ0n) is 8.05. The highest BCUT2D eigenvalue weighted by Gasteiger charge is 2.47. The van der Waals surface area contributed by atoms with Crippen molar-refractivity contribution in [1.82, 2.24) is 0 Å². The third-order valence-corrected chi connectivity index (χ3v) is 3.37. The van der Waals surface area contributed by atoms with Gasteiger partial charge in [0, 0.05) is 12.0 Å². The number of rotatable bonds is 0. The van der Waals surface area contributed by atoms with Crippen molar-refractivity contribution in [2.45, 2.75) is 32.8 Å². The highest BCUT2D eigenvalue weighted by atomic mass is 16.5. The van der Waals surface area contributed by atoms with Crippen LogP contribution in [0.25, 0.3) is 0 Å². The summed E-state index contributed by atoms with van der Waals surface area (Å²) in [6.07, 6.45) is 7.85. The summed E-state index contributed by atoms with van der Waals surface area (Å²) in [7, 11) is 0. The second kappa shape index (κ2) is 2.23. The van der Waals surface area contributed by atoms with Crippen molar-refractivity contribution in [1.29, 1.82) is 0 Å². The standard InChI is InChI=1S/C11H16O/c1-9-4-5-11(3)10(2,8-9)6-7-12-11/h4-5,8H,6-7H2,1-3H3. The molecule has 1 nitrogen and oxygen atoms in total. The van der Waals surface area contributed by atoms with E-state index in [9.17, 15) is 0 Å². The lowest BCUT2D eigenvalue weighted by molar-refractivity contribution is 0.0170. The number of allylic oxidation sites excluding steroid dienone is 2. The summed E-state index contributed by atoms with van der Waals surface area (Å²) in [6, 6.07) is 0. The van der Waals surface area contributed by atoms with Crippen LogP contribution in [0.15, 0.2) is 23.8 Å². The lowest BCUT2D eigenvalue weighted by Crippen LogP contribution is -2.38. The minimum atomic E-state index is -0.0491. The summed E-state index contributed by atoms with van der Waals surface area (Å²) in [6.45, 7) is 7.51. The van der Waals surface area contributed by atoms with E-state index in [1.54, 1.807) is 0 Å². The highest BCUT2D eigenvalue weighted by molar-refractivity contribution is 5.33. The van der Waals surface area contributed by atoms with Crippen molar-refractivity contribution in [3.63, 3.8) is 0 Å². The van der Waals surface area contributed by atoms with E-state index >= 15 is 0 Å². The average molecular weight is 164 g/mol. The zero-order valence-corrected chi connectivity index (χ0v) is 8.05. The summed E-state index contributed by atoms with van der Waals surface area (Å²) in [5.74, 6) is 0. The predicted molar refractivity (Wildman–Crippen MR) is 50.0 cm³/mol. The first-order valence-electron chi connectivity index (χ1n) is 4.58. The van der Waals surface area contributed by atoms with Gasteiger partial charge in [0.15, 0.2) is 0 Å². The maximum atomic E-state index is 5.76. The monoisotopic (exact) mass is 164 g/mol. The summed E-state index contributed by atoms with van der Waals surface area (Å²) in [5.41, 5.74) is 1.54. The summed E-state index contributed by atoms with van der Waals surface area (Å²) in [4.78, 5) is 0. The SMILES string of the molecule is CC1=CC2(C)CCOC2(C)C=C1. The zero-order chi connectivity index (χ0) is 8.82. The van der Waals surface area contributed by atoms with Gasteiger partial charge < -0.3 is 4.74 Å².